The minimum absolute atomic E-state index is 0.222. The van der Waals surface area contributed by atoms with Gasteiger partial charge in [-0.1, -0.05) is 0 Å². The zero-order chi connectivity index (χ0) is 19.3. The van der Waals surface area contributed by atoms with Crippen LogP contribution in [0.2, 0.25) is 0 Å². The topological polar surface area (TPSA) is 100 Å². The first-order chi connectivity index (χ1) is 12.9. The van der Waals surface area contributed by atoms with Crippen molar-refractivity contribution in [3.05, 3.63) is 61.7 Å². The van der Waals surface area contributed by atoms with Crippen LogP contribution in [0.1, 0.15) is 17.5 Å². The van der Waals surface area contributed by atoms with Crippen LogP contribution in [0.5, 0.6) is 5.75 Å². The maximum Gasteiger partial charge on any atom is 0.285 e. The van der Waals surface area contributed by atoms with Crippen molar-refractivity contribution in [3.8, 4) is 17.0 Å². The summed E-state index contributed by atoms with van der Waals surface area (Å²) in [5.74, 6) is 0.721. The number of rotatable bonds is 3. The van der Waals surface area contributed by atoms with Gasteiger partial charge < -0.3 is 9.30 Å². The molecule has 0 aliphatic heterocycles. The number of nitro groups is 2. The molecule has 0 atom stereocenters. The van der Waals surface area contributed by atoms with Crippen LogP contribution in [-0.2, 0) is 19.9 Å². The van der Waals surface area contributed by atoms with Crippen molar-refractivity contribution < 1.29 is 14.6 Å². The third-order valence-electron chi connectivity index (χ3n) is 5.21. The molecule has 0 radical (unpaired) electrons. The predicted molar refractivity (Wildman–Crippen MR) is 100 cm³/mol. The van der Waals surface area contributed by atoms with Crippen LogP contribution >= 0.6 is 0 Å². The summed E-state index contributed by atoms with van der Waals surface area (Å²) in [5.41, 5.74) is 3.38. The molecule has 0 fully saturated rings. The van der Waals surface area contributed by atoms with E-state index in [-0.39, 0.29) is 11.4 Å². The average molecular weight is 367 g/mol. The molecular formula is C19H17N3O5. The van der Waals surface area contributed by atoms with Crippen LogP contribution in [0.4, 0.5) is 11.4 Å². The highest BCUT2D eigenvalue weighted by molar-refractivity contribution is 5.95. The number of ether oxygens (including phenoxy) is 1. The number of nitrogens with zero attached hydrogens (tertiary/aromatic N) is 3. The van der Waals surface area contributed by atoms with Gasteiger partial charge in [-0.25, -0.2) is 0 Å². The number of aryl methyl sites for hydroxylation is 3. The smallest absolute Gasteiger partial charge is 0.285 e. The second kappa shape index (κ2) is 6.08. The molecule has 2 aromatic carbocycles. The fraction of sp³-hybridized carbons (Fsp3) is 0.263. The van der Waals surface area contributed by atoms with Crippen molar-refractivity contribution in [2.45, 2.75) is 19.3 Å². The lowest BCUT2D eigenvalue weighted by atomic mass is 9.98. The van der Waals surface area contributed by atoms with Gasteiger partial charge in [-0.3, -0.25) is 20.2 Å². The second-order valence-corrected chi connectivity index (χ2v) is 6.64. The zero-order valence-corrected chi connectivity index (χ0v) is 14.9. The molecule has 8 heteroatoms. The molecule has 0 amide bonds. The van der Waals surface area contributed by atoms with E-state index in [1.54, 1.807) is 7.11 Å². The molecule has 1 aliphatic carbocycles. The van der Waals surface area contributed by atoms with Crippen molar-refractivity contribution in [2.75, 3.05) is 7.11 Å². The Hall–Kier alpha value is -3.42. The molecule has 0 unspecified atom stereocenters. The van der Waals surface area contributed by atoms with Gasteiger partial charge in [0, 0.05) is 24.0 Å². The van der Waals surface area contributed by atoms with Crippen molar-refractivity contribution in [1.29, 1.82) is 0 Å². The molecule has 0 saturated carbocycles. The minimum Gasteiger partial charge on any atom is -0.497 e. The van der Waals surface area contributed by atoms with E-state index in [4.69, 9.17) is 4.74 Å². The Balaban J connectivity index is 2.11. The summed E-state index contributed by atoms with van der Waals surface area (Å²) < 4.78 is 7.27. The number of benzene rings is 2. The van der Waals surface area contributed by atoms with Crippen molar-refractivity contribution in [3.63, 3.8) is 0 Å². The van der Waals surface area contributed by atoms with Crippen LogP contribution in [0.15, 0.2) is 30.3 Å². The Morgan fingerprint density at radius 2 is 1.85 bits per heavy atom. The van der Waals surface area contributed by atoms with Crippen LogP contribution < -0.4 is 4.74 Å². The highest BCUT2D eigenvalue weighted by Crippen LogP contribution is 2.45. The van der Waals surface area contributed by atoms with E-state index in [0.29, 0.717) is 17.5 Å². The van der Waals surface area contributed by atoms with Crippen molar-refractivity contribution >= 4 is 22.3 Å². The van der Waals surface area contributed by atoms with E-state index in [2.05, 4.69) is 0 Å². The second-order valence-electron chi connectivity index (χ2n) is 6.64. The molecule has 1 heterocycles. The predicted octanol–water partition coefficient (Wildman–Crippen LogP) is 4.16. The van der Waals surface area contributed by atoms with Gasteiger partial charge in [-0.05, 0) is 48.6 Å². The highest BCUT2D eigenvalue weighted by Gasteiger charge is 2.31. The van der Waals surface area contributed by atoms with Gasteiger partial charge in [0.05, 0.1) is 34.3 Å². The zero-order valence-electron chi connectivity index (χ0n) is 14.9. The molecule has 1 aliphatic rings. The maximum atomic E-state index is 11.8. The van der Waals surface area contributed by atoms with E-state index in [9.17, 15) is 20.2 Å². The quantitative estimate of drug-likeness (QED) is 0.511. The lowest BCUT2D eigenvalue weighted by Crippen LogP contribution is -2.02. The van der Waals surface area contributed by atoms with Crippen LogP contribution in [0.25, 0.3) is 22.2 Å². The molecule has 3 aromatic rings. The summed E-state index contributed by atoms with van der Waals surface area (Å²) in [6.45, 7) is 0. The van der Waals surface area contributed by atoms with Gasteiger partial charge in [0.2, 0.25) is 0 Å². The Bertz CT molecular complexity index is 1120. The van der Waals surface area contributed by atoms with Crippen molar-refractivity contribution in [1.82, 2.24) is 4.57 Å². The summed E-state index contributed by atoms with van der Waals surface area (Å²) >= 11 is 0. The number of hydrogen-bond donors (Lipinski definition) is 0. The summed E-state index contributed by atoms with van der Waals surface area (Å²) in [4.78, 5) is 21.9. The molecule has 0 saturated heterocycles. The maximum absolute atomic E-state index is 11.8. The highest BCUT2D eigenvalue weighted by atomic mass is 16.6. The van der Waals surface area contributed by atoms with E-state index >= 15 is 0 Å². The molecular weight excluding hydrogens is 350 g/mol. The molecule has 1 aromatic heterocycles. The fourth-order valence-corrected chi connectivity index (χ4v) is 4.04. The summed E-state index contributed by atoms with van der Waals surface area (Å²) in [6.07, 6.45) is 2.05. The normalized spacial score (nSPS) is 13.0. The van der Waals surface area contributed by atoms with E-state index < -0.39 is 9.85 Å². The SMILES string of the molecule is COc1ccc2c(c1)c1c(n2C)-c2c(cc([N+](=O)[O-])cc2[N+](=O)[O-])CCC1. The first-order valence-electron chi connectivity index (χ1n) is 8.53. The largest absolute Gasteiger partial charge is 0.497 e. The number of hydrogen-bond acceptors (Lipinski definition) is 5. The molecule has 0 spiro atoms. The third-order valence-corrected chi connectivity index (χ3v) is 5.21. The number of non-ortho nitro benzene ring substituents is 1. The fourth-order valence-electron chi connectivity index (χ4n) is 4.04. The van der Waals surface area contributed by atoms with Gasteiger partial charge in [-0.2, -0.15) is 0 Å². The van der Waals surface area contributed by atoms with Crippen LogP contribution in [0, 0.1) is 20.2 Å². The monoisotopic (exact) mass is 367 g/mol. The molecule has 0 bridgehead atoms. The number of methoxy groups -OCH3 is 1. The lowest BCUT2D eigenvalue weighted by molar-refractivity contribution is -0.393. The van der Waals surface area contributed by atoms with Crippen LogP contribution in [-0.4, -0.2) is 21.5 Å². The first-order valence-corrected chi connectivity index (χ1v) is 8.53. The van der Waals surface area contributed by atoms with Crippen LogP contribution in [0.3, 0.4) is 0 Å². The minimum atomic E-state index is -0.578. The summed E-state index contributed by atoms with van der Waals surface area (Å²) in [7, 11) is 3.47. The molecule has 0 N–H and O–H groups in total. The van der Waals surface area contributed by atoms with Gasteiger partial charge in [0.1, 0.15) is 5.75 Å². The first kappa shape index (κ1) is 17.0. The molecule has 27 heavy (non-hydrogen) atoms. The van der Waals surface area contributed by atoms with Gasteiger partial charge >= 0.3 is 0 Å². The molecule has 138 valence electrons. The summed E-state index contributed by atoms with van der Waals surface area (Å²) in [6, 6.07) is 8.25. The summed E-state index contributed by atoms with van der Waals surface area (Å²) in [5, 5.41) is 24.0. The number of nitro benzene ring substituents is 2. The van der Waals surface area contributed by atoms with E-state index in [1.165, 1.54) is 6.07 Å². The van der Waals surface area contributed by atoms with Crippen molar-refractivity contribution in [2.24, 2.45) is 7.05 Å². The van der Waals surface area contributed by atoms with E-state index in [0.717, 1.165) is 46.8 Å². The van der Waals surface area contributed by atoms with E-state index in [1.807, 2.05) is 29.8 Å². The number of aromatic nitrogens is 1. The Labute approximate surface area is 154 Å². The third kappa shape index (κ3) is 2.52. The standard InChI is InChI=1S/C19H17N3O5/c1-20-16-7-6-13(27-2)10-15(16)14-5-3-4-11-8-12(21(23)24)9-17(22(25)26)18(11)19(14)20/h6-10H,3-5H2,1-2H3. The van der Waals surface area contributed by atoms with Gasteiger partial charge in [0.25, 0.3) is 11.4 Å². The van der Waals surface area contributed by atoms with Gasteiger partial charge in [-0.15, -0.1) is 0 Å². The lowest BCUT2D eigenvalue weighted by Gasteiger charge is -2.10. The molecule has 8 nitrogen and oxygen atoms in total. The molecule has 4 rings (SSSR count). The Kier molecular flexibility index (Phi) is 3.83. The Morgan fingerprint density at radius 3 is 2.52 bits per heavy atom. The number of fused-ring (bicyclic) bond motifs is 5. The average Bonchev–Trinajstić information content (AvgIpc) is 2.80. The van der Waals surface area contributed by atoms with Gasteiger partial charge in [0.15, 0.2) is 0 Å². The Morgan fingerprint density at radius 1 is 1.07 bits per heavy atom.